The van der Waals surface area contributed by atoms with Crippen molar-refractivity contribution in [2.75, 3.05) is 5.32 Å². The number of carbonyl (C=O) groups is 4. The lowest BCUT2D eigenvalue weighted by Crippen LogP contribution is -2.46. The molecule has 0 radical (unpaired) electrons. The van der Waals surface area contributed by atoms with E-state index in [0.29, 0.717) is 23.1 Å². The third-order valence-electron chi connectivity index (χ3n) is 7.02. The first-order chi connectivity index (χ1) is 13.4. The summed E-state index contributed by atoms with van der Waals surface area (Å²) in [5.41, 5.74) is 1.09. The number of carbonyl (C=O) groups excluding carboxylic acids is 4. The van der Waals surface area contributed by atoms with Crippen molar-refractivity contribution >= 4 is 29.2 Å². The van der Waals surface area contributed by atoms with Crippen molar-refractivity contribution in [3.8, 4) is 0 Å². The molecule has 3 amide bonds. The van der Waals surface area contributed by atoms with E-state index in [1.54, 1.807) is 31.2 Å². The summed E-state index contributed by atoms with van der Waals surface area (Å²) in [4.78, 5) is 51.4. The number of rotatable bonds is 4. The SMILES string of the molecule is CC(=O)c1ccc(NC(=O)[C@H](C)N2C(=O)[C@@H]3[C@@H]4C=C[C@@H]([C@H]5C[C@@H]45)[C@@H]3C2=O)cc1. The standard InChI is InChI=1S/C22H22N2O4/c1-10(20(26)23-13-5-3-12(4-6-13)11(2)25)24-21(27)18-14-7-8-15(17-9-16(14)17)19(18)22(24)28/h3-8,10,14-19H,9H2,1-2H3,(H,23,26)/t10-,14-,15+,16+,17-,18-,19+/m0/s1. The van der Waals surface area contributed by atoms with E-state index in [-0.39, 0.29) is 41.3 Å². The maximum Gasteiger partial charge on any atom is 0.247 e. The van der Waals surface area contributed by atoms with Gasteiger partial charge in [0, 0.05) is 11.3 Å². The molecule has 6 rings (SSSR count). The second-order valence-corrected chi connectivity index (χ2v) is 8.50. The van der Waals surface area contributed by atoms with E-state index in [0.717, 1.165) is 6.42 Å². The molecule has 2 bridgehead atoms. The number of nitrogens with zero attached hydrogens (tertiary/aromatic N) is 1. The van der Waals surface area contributed by atoms with E-state index < -0.39 is 11.9 Å². The van der Waals surface area contributed by atoms with Crippen LogP contribution in [0, 0.1) is 35.5 Å². The first kappa shape index (κ1) is 17.3. The summed E-state index contributed by atoms with van der Waals surface area (Å²) < 4.78 is 0. The minimum atomic E-state index is -0.867. The Kier molecular flexibility index (Phi) is 3.63. The summed E-state index contributed by atoms with van der Waals surface area (Å²) in [6.07, 6.45) is 5.36. The number of nitrogens with one attached hydrogen (secondary N) is 1. The van der Waals surface area contributed by atoms with E-state index in [1.807, 2.05) is 0 Å². The van der Waals surface area contributed by atoms with Gasteiger partial charge >= 0.3 is 0 Å². The van der Waals surface area contributed by atoms with E-state index in [9.17, 15) is 19.2 Å². The predicted molar refractivity (Wildman–Crippen MR) is 101 cm³/mol. The summed E-state index contributed by atoms with van der Waals surface area (Å²) in [6.45, 7) is 3.08. The van der Waals surface area contributed by atoms with Crippen LogP contribution in [0.25, 0.3) is 0 Å². The molecule has 7 atom stereocenters. The van der Waals surface area contributed by atoms with Crippen LogP contribution in [-0.2, 0) is 14.4 Å². The zero-order valence-electron chi connectivity index (χ0n) is 15.8. The van der Waals surface area contributed by atoms with Crippen LogP contribution in [0.2, 0.25) is 0 Å². The quantitative estimate of drug-likeness (QED) is 0.495. The minimum Gasteiger partial charge on any atom is -0.324 e. The molecular weight excluding hydrogens is 356 g/mol. The Labute approximate surface area is 163 Å². The molecule has 0 aromatic heterocycles. The molecule has 1 aliphatic heterocycles. The number of imide groups is 1. The largest absolute Gasteiger partial charge is 0.324 e. The Hall–Kier alpha value is -2.76. The van der Waals surface area contributed by atoms with Crippen LogP contribution < -0.4 is 5.32 Å². The first-order valence-corrected chi connectivity index (χ1v) is 9.85. The van der Waals surface area contributed by atoms with Crippen molar-refractivity contribution in [3.05, 3.63) is 42.0 Å². The average molecular weight is 378 g/mol. The van der Waals surface area contributed by atoms with Crippen LogP contribution >= 0.6 is 0 Å². The fourth-order valence-corrected chi connectivity index (χ4v) is 5.51. The van der Waals surface area contributed by atoms with Gasteiger partial charge in [-0.25, -0.2) is 0 Å². The lowest BCUT2D eigenvalue weighted by atomic mass is 9.63. The maximum atomic E-state index is 13.1. The monoisotopic (exact) mass is 378 g/mol. The second kappa shape index (κ2) is 5.87. The molecule has 4 aliphatic carbocycles. The third kappa shape index (κ3) is 2.33. The van der Waals surface area contributed by atoms with E-state index in [2.05, 4.69) is 17.5 Å². The highest BCUT2D eigenvalue weighted by Gasteiger charge is 2.67. The molecule has 6 heteroatoms. The number of benzene rings is 1. The summed E-state index contributed by atoms with van der Waals surface area (Å²) in [5.74, 6) is -0.0681. The smallest absolute Gasteiger partial charge is 0.247 e. The molecule has 0 spiro atoms. The summed E-state index contributed by atoms with van der Waals surface area (Å²) in [7, 11) is 0. The van der Waals surface area contributed by atoms with E-state index >= 15 is 0 Å². The Bertz CT molecular complexity index is 898. The Morgan fingerprint density at radius 1 is 1.00 bits per heavy atom. The highest BCUT2D eigenvalue weighted by Crippen LogP contribution is 2.65. The van der Waals surface area contributed by atoms with Gasteiger partial charge < -0.3 is 5.32 Å². The number of ketones is 1. The van der Waals surface area contributed by atoms with Crippen LogP contribution in [0.1, 0.15) is 30.6 Å². The Balaban J connectivity index is 1.33. The fraction of sp³-hybridized carbons (Fsp3) is 0.455. The molecule has 1 heterocycles. The molecule has 144 valence electrons. The van der Waals surface area contributed by atoms with Gasteiger partial charge in [0.25, 0.3) is 0 Å². The fourth-order valence-electron chi connectivity index (χ4n) is 5.51. The number of hydrogen-bond acceptors (Lipinski definition) is 4. The molecule has 28 heavy (non-hydrogen) atoms. The zero-order chi connectivity index (χ0) is 19.7. The van der Waals surface area contributed by atoms with Crippen molar-refractivity contribution in [3.63, 3.8) is 0 Å². The number of amides is 3. The highest BCUT2D eigenvalue weighted by molar-refractivity contribution is 6.10. The van der Waals surface area contributed by atoms with Crippen LogP contribution in [0.3, 0.4) is 0 Å². The molecule has 1 N–H and O–H groups in total. The summed E-state index contributed by atoms with van der Waals surface area (Å²) in [6, 6.07) is 5.70. The minimum absolute atomic E-state index is 0.0524. The van der Waals surface area contributed by atoms with Crippen molar-refractivity contribution in [1.29, 1.82) is 0 Å². The van der Waals surface area contributed by atoms with Gasteiger partial charge in [0.15, 0.2) is 5.78 Å². The first-order valence-electron chi connectivity index (χ1n) is 9.85. The van der Waals surface area contributed by atoms with Gasteiger partial charge in [-0.05, 0) is 68.2 Å². The normalized spacial score (nSPS) is 35.4. The number of Topliss-reactive ketones (excluding diaryl/α,β-unsaturated/α-hetero) is 1. The van der Waals surface area contributed by atoms with Gasteiger partial charge in [-0.1, -0.05) is 12.2 Å². The Morgan fingerprint density at radius 2 is 1.54 bits per heavy atom. The number of hydrogen-bond donors (Lipinski definition) is 1. The maximum absolute atomic E-state index is 13.1. The number of allylic oxidation sites excluding steroid dienone is 2. The van der Waals surface area contributed by atoms with Crippen molar-refractivity contribution in [2.45, 2.75) is 26.3 Å². The summed E-state index contributed by atoms with van der Waals surface area (Å²) in [5, 5.41) is 2.75. The molecule has 1 aromatic rings. The zero-order valence-corrected chi connectivity index (χ0v) is 15.8. The van der Waals surface area contributed by atoms with E-state index in [1.165, 1.54) is 11.8 Å². The molecule has 0 unspecified atom stereocenters. The van der Waals surface area contributed by atoms with Gasteiger partial charge in [0.2, 0.25) is 17.7 Å². The predicted octanol–water partition coefficient (Wildman–Crippen LogP) is 2.27. The van der Waals surface area contributed by atoms with Crippen molar-refractivity contribution in [1.82, 2.24) is 4.90 Å². The van der Waals surface area contributed by atoms with Gasteiger partial charge in [-0.3, -0.25) is 24.1 Å². The molecule has 2 saturated carbocycles. The van der Waals surface area contributed by atoms with Gasteiger partial charge in [0.05, 0.1) is 11.8 Å². The van der Waals surface area contributed by atoms with Gasteiger partial charge in [-0.2, -0.15) is 0 Å². The molecule has 1 aromatic carbocycles. The van der Waals surface area contributed by atoms with Gasteiger partial charge in [0.1, 0.15) is 6.04 Å². The van der Waals surface area contributed by atoms with E-state index in [4.69, 9.17) is 0 Å². The second-order valence-electron chi connectivity index (χ2n) is 8.50. The summed E-state index contributed by atoms with van der Waals surface area (Å²) >= 11 is 0. The van der Waals surface area contributed by atoms with Crippen molar-refractivity contribution in [2.24, 2.45) is 35.5 Å². The molecule has 1 saturated heterocycles. The number of likely N-dealkylation sites (tertiary alicyclic amines) is 1. The highest BCUT2D eigenvalue weighted by atomic mass is 16.2. The Morgan fingerprint density at radius 3 is 2.04 bits per heavy atom. The molecular formula is C22H22N2O4. The van der Waals surface area contributed by atoms with Crippen LogP contribution in [0.5, 0.6) is 0 Å². The van der Waals surface area contributed by atoms with Crippen LogP contribution in [-0.4, -0.2) is 34.4 Å². The number of anilines is 1. The molecule has 5 aliphatic rings. The van der Waals surface area contributed by atoms with Gasteiger partial charge in [-0.15, -0.1) is 0 Å². The average Bonchev–Trinajstić information content (AvgIpc) is 3.45. The lowest BCUT2D eigenvalue weighted by Gasteiger charge is -2.37. The van der Waals surface area contributed by atoms with Crippen molar-refractivity contribution < 1.29 is 19.2 Å². The molecule has 6 nitrogen and oxygen atoms in total. The lowest BCUT2D eigenvalue weighted by molar-refractivity contribution is -0.146. The molecule has 3 fully saturated rings. The third-order valence-corrected chi connectivity index (χ3v) is 7.02. The topological polar surface area (TPSA) is 83.6 Å². The van der Waals surface area contributed by atoms with Crippen LogP contribution in [0.15, 0.2) is 36.4 Å². The van der Waals surface area contributed by atoms with Crippen LogP contribution in [0.4, 0.5) is 5.69 Å².